The molecule has 1 fully saturated rings. The van der Waals surface area contributed by atoms with E-state index in [1.165, 1.54) is 4.90 Å². The molecule has 0 saturated carbocycles. The maximum Gasteiger partial charge on any atom is 0.493 e. The van der Waals surface area contributed by atoms with E-state index in [1.54, 1.807) is 42.2 Å². The van der Waals surface area contributed by atoms with Crippen LogP contribution in [0.2, 0.25) is 0 Å². The highest BCUT2D eigenvalue weighted by Crippen LogP contribution is 2.38. The first kappa shape index (κ1) is 25.2. The summed E-state index contributed by atoms with van der Waals surface area (Å²) in [6.45, 7) is 3.05. The topological polar surface area (TPSA) is 100 Å². The molecule has 4 rings (SSSR count). The molecular formula is C23H23F3N6O4. The molecular weight excluding hydrogens is 481 g/mol. The Labute approximate surface area is 204 Å². The highest BCUT2D eigenvalue weighted by Gasteiger charge is 2.49. The highest BCUT2D eigenvalue weighted by atomic mass is 19.4. The summed E-state index contributed by atoms with van der Waals surface area (Å²) in [5.41, 5.74) is -0.533. The van der Waals surface area contributed by atoms with E-state index in [2.05, 4.69) is 22.3 Å². The number of anilines is 2. The number of nitrogens with one attached hydrogen (secondary N) is 1. The fraction of sp³-hybridized carbons (Fsp3) is 0.391. The molecule has 0 aliphatic carbocycles. The van der Waals surface area contributed by atoms with Gasteiger partial charge in [-0.1, -0.05) is 36.3 Å². The van der Waals surface area contributed by atoms with E-state index in [9.17, 15) is 27.6 Å². The summed E-state index contributed by atoms with van der Waals surface area (Å²) in [5, 5.41) is 7.91. The van der Waals surface area contributed by atoms with Crippen molar-refractivity contribution in [3.63, 3.8) is 0 Å². The van der Waals surface area contributed by atoms with Gasteiger partial charge >= 0.3 is 12.1 Å². The van der Waals surface area contributed by atoms with Crippen LogP contribution >= 0.6 is 0 Å². The molecule has 36 heavy (non-hydrogen) atoms. The molecule has 2 aromatic rings. The van der Waals surface area contributed by atoms with Gasteiger partial charge in [0.1, 0.15) is 17.9 Å². The third kappa shape index (κ3) is 5.05. The van der Waals surface area contributed by atoms with Gasteiger partial charge < -0.3 is 15.1 Å². The Bertz CT molecular complexity index is 1250. The largest absolute Gasteiger partial charge is 0.493 e. The number of nitrogens with zero attached hydrogens (tertiary/aromatic N) is 5. The molecule has 10 nitrogen and oxygen atoms in total. The molecule has 190 valence electrons. The van der Waals surface area contributed by atoms with Gasteiger partial charge in [0.15, 0.2) is 12.1 Å². The number of fused-ring (bicyclic) bond motifs is 1. The Morgan fingerprint density at radius 3 is 2.53 bits per heavy atom. The highest BCUT2D eigenvalue weighted by molar-refractivity contribution is 5.95. The fourth-order valence-corrected chi connectivity index (χ4v) is 4.05. The maximum absolute atomic E-state index is 13.5. The Hall–Kier alpha value is -3.89. The standard InChI is InChI=1S/C23H23F3N6O4/c1-2-3-11-30-19-17(14-28-31(20(19)34)15-18(33)16-7-5-4-6-8-16)32(36-21(35)23(24,25)26)22(30)29-12-9-27-10-13-29/h4-8,14,22,27H,9-13,15H2,1H3. The lowest BCUT2D eigenvalue weighted by atomic mass is 10.1. The molecule has 2 aliphatic heterocycles. The number of benzene rings is 1. The van der Waals surface area contributed by atoms with E-state index in [-0.39, 0.29) is 30.2 Å². The molecule has 1 saturated heterocycles. The van der Waals surface area contributed by atoms with E-state index in [0.717, 1.165) is 15.9 Å². The number of hydrogen-bond acceptors (Lipinski definition) is 9. The van der Waals surface area contributed by atoms with Crippen LogP contribution in [0.4, 0.5) is 24.5 Å². The third-order valence-electron chi connectivity index (χ3n) is 5.72. The van der Waals surface area contributed by atoms with E-state index < -0.39 is 24.0 Å². The average Bonchev–Trinajstić information content (AvgIpc) is 3.18. The quantitative estimate of drug-likeness (QED) is 0.456. The van der Waals surface area contributed by atoms with Crippen molar-refractivity contribution in [2.24, 2.45) is 0 Å². The van der Waals surface area contributed by atoms with Gasteiger partial charge in [-0.25, -0.2) is 9.48 Å². The molecule has 3 heterocycles. The van der Waals surface area contributed by atoms with Gasteiger partial charge in [-0.3, -0.25) is 14.5 Å². The smallest absolute Gasteiger partial charge is 0.329 e. The Morgan fingerprint density at radius 2 is 1.89 bits per heavy atom. The van der Waals surface area contributed by atoms with Crippen LogP contribution < -0.4 is 20.8 Å². The summed E-state index contributed by atoms with van der Waals surface area (Å²) in [6.07, 6.45) is -5.20. The van der Waals surface area contributed by atoms with Gasteiger partial charge in [-0.15, -0.1) is 5.92 Å². The molecule has 1 atom stereocenters. The van der Waals surface area contributed by atoms with Crippen LogP contribution in [0.15, 0.2) is 41.3 Å². The summed E-state index contributed by atoms with van der Waals surface area (Å²) >= 11 is 0. The van der Waals surface area contributed by atoms with Crippen LogP contribution in [0, 0.1) is 11.8 Å². The van der Waals surface area contributed by atoms with Crippen LogP contribution in [0.25, 0.3) is 0 Å². The van der Waals surface area contributed by atoms with Gasteiger partial charge in [-0.05, 0) is 6.92 Å². The number of Topliss-reactive ketones (excluding diaryl/α,β-unsaturated/α-hetero) is 1. The van der Waals surface area contributed by atoms with Gasteiger partial charge in [0.2, 0.25) is 0 Å². The number of alkyl halides is 3. The summed E-state index contributed by atoms with van der Waals surface area (Å²) in [5.74, 6) is 2.73. The maximum atomic E-state index is 13.5. The number of carbonyl (C=O) groups excluding carboxylic acids is 2. The number of carbonyl (C=O) groups is 2. The molecule has 0 spiro atoms. The molecule has 13 heteroatoms. The summed E-state index contributed by atoms with van der Waals surface area (Å²) in [6, 6.07) is 8.31. The van der Waals surface area contributed by atoms with Gasteiger partial charge in [0, 0.05) is 31.7 Å². The van der Waals surface area contributed by atoms with E-state index in [4.69, 9.17) is 4.84 Å². The first-order valence-electron chi connectivity index (χ1n) is 11.1. The van der Waals surface area contributed by atoms with Crippen LogP contribution in [-0.4, -0.2) is 71.6 Å². The minimum absolute atomic E-state index is 0.0377. The predicted molar refractivity (Wildman–Crippen MR) is 123 cm³/mol. The second-order valence-corrected chi connectivity index (χ2v) is 8.02. The monoisotopic (exact) mass is 504 g/mol. The van der Waals surface area contributed by atoms with Crippen molar-refractivity contribution in [2.75, 3.05) is 42.7 Å². The second kappa shape index (κ2) is 10.4. The molecule has 1 aromatic carbocycles. The van der Waals surface area contributed by atoms with Crippen LogP contribution in [0.5, 0.6) is 0 Å². The second-order valence-electron chi connectivity index (χ2n) is 8.02. The number of piperazine rings is 1. The number of aromatic nitrogens is 2. The molecule has 0 bridgehead atoms. The lowest BCUT2D eigenvalue weighted by molar-refractivity contribution is -0.203. The minimum atomic E-state index is -5.25. The summed E-state index contributed by atoms with van der Waals surface area (Å²) in [4.78, 5) is 46.0. The minimum Gasteiger partial charge on any atom is -0.329 e. The molecule has 1 N–H and O–H groups in total. The van der Waals surface area contributed by atoms with Crippen molar-refractivity contribution in [1.29, 1.82) is 0 Å². The van der Waals surface area contributed by atoms with Crippen molar-refractivity contribution < 1.29 is 27.6 Å². The lowest BCUT2D eigenvalue weighted by Crippen LogP contribution is -2.61. The van der Waals surface area contributed by atoms with Crippen LogP contribution in [-0.2, 0) is 16.2 Å². The third-order valence-corrected chi connectivity index (χ3v) is 5.72. The normalized spacial score (nSPS) is 17.8. The van der Waals surface area contributed by atoms with Crippen LogP contribution in [0.3, 0.4) is 0 Å². The zero-order valence-electron chi connectivity index (χ0n) is 19.3. The van der Waals surface area contributed by atoms with Crippen molar-refractivity contribution in [3.05, 3.63) is 52.4 Å². The summed E-state index contributed by atoms with van der Waals surface area (Å²) < 4.78 is 40.3. The lowest BCUT2D eigenvalue weighted by Gasteiger charge is -2.40. The van der Waals surface area contributed by atoms with Gasteiger partial charge in [0.05, 0.1) is 12.7 Å². The first-order chi connectivity index (χ1) is 17.2. The number of hydroxylamine groups is 1. The molecule has 1 unspecified atom stereocenters. The SMILES string of the molecule is CC#CCN1c2c(cnn(CC(=O)c3ccccc3)c2=O)N(OC(=O)C(F)(F)F)C1N1CCNCC1. The molecule has 0 amide bonds. The Kier molecular flexibility index (Phi) is 7.27. The zero-order chi connectivity index (χ0) is 25.9. The fourth-order valence-electron chi connectivity index (χ4n) is 4.05. The Balaban J connectivity index is 1.77. The van der Waals surface area contributed by atoms with E-state index in [0.29, 0.717) is 31.7 Å². The van der Waals surface area contributed by atoms with Crippen molar-refractivity contribution in [1.82, 2.24) is 20.0 Å². The summed E-state index contributed by atoms with van der Waals surface area (Å²) in [7, 11) is 0. The predicted octanol–water partition coefficient (Wildman–Crippen LogP) is 0.985. The van der Waals surface area contributed by atoms with Crippen molar-refractivity contribution >= 4 is 23.1 Å². The van der Waals surface area contributed by atoms with Gasteiger partial charge in [0.25, 0.3) is 5.56 Å². The number of rotatable bonds is 6. The molecule has 0 radical (unpaired) electrons. The first-order valence-corrected chi connectivity index (χ1v) is 11.1. The van der Waals surface area contributed by atoms with Gasteiger partial charge in [-0.2, -0.15) is 23.3 Å². The molecule has 2 aliphatic rings. The average molecular weight is 504 g/mol. The number of halogens is 3. The van der Waals surface area contributed by atoms with E-state index >= 15 is 0 Å². The van der Waals surface area contributed by atoms with Crippen molar-refractivity contribution in [2.45, 2.75) is 25.9 Å². The van der Waals surface area contributed by atoms with Crippen molar-refractivity contribution in [3.8, 4) is 11.8 Å². The Morgan fingerprint density at radius 1 is 1.19 bits per heavy atom. The van der Waals surface area contributed by atoms with Crippen LogP contribution in [0.1, 0.15) is 17.3 Å². The number of hydrogen-bond donors (Lipinski definition) is 1. The zero-order valence-corrected chi connectivity index (χ0v) is 19.3. The molecule has 1 aromatic heterocycles. The number of ketones is 1. The van der Waals surface area contributed by atoms with E-state index in [1.807, 2.05) is 0 Å².